The first-order valence-electron chi connectivity index (χ1n) is 9.78. The maximum Gasteiger partial charge on any atom is 0.342 e. The number of carbonyl (C=O) groups excluding carboxylic acids is 1. The molecular weight excluding hydrogens is 377 g/mol. The van der Waals surface area contributed by atoms with E-state index in [9.17, 15) is 9.69 Å². The minimum atomic E-state index is -1.32. The summed E-state index contributed by atoms with van der Waals surface area (Å²) in [6.07, 6.45) is 4.37. The lowest BCUT2D eigenvalue weighted by Crippen LogP contribution is -2.20. The Hall–Kier alpha value is -1.46. The molecule has 1 aromatic rings. The molecule has 0 aliphatic carbocycles. The van der Waals surface area contributed by atoms with E-state index in [0.29, 0.717) is 43.7 Å². The van der Waals surface area contributed by atoms with Gasteiger partial charge in [-0.3, -0.25) is 0 Å². The summed E-state index contributed by atoms with van der Waals surface area (Å²) in [7, 11) is 0.292. The largest absolute Gasteiger partial charge is 0.496 e. The molecule has 0 saturated heterocycles. The van der Waals surface area contributed by atoms with Crippen molar-refractivity contribution in [1.29, 1.82) is 0 Å². The zero-order valence-corrected chi connectivity index (χ0v) is 18.4. The van der Waals surface area contributed by atoms with Crippen LogP contribution in [0.15, 0.2) is 11.6 Å². The highest BCUT2D eigenvalue weighted by Crippen LogP contribution is 2.39. The second-order valence-corrected chi connectivity index (χ2v) is 8.23. The van der Waals surface area contributed by atoms with E-state index in [4.69, 9.17) is 14.0 Å². The molecular formula is C21H32NO5P. The predicted molar refractivity (Wildman–Crippen MR) is 112 cm³/mol. The number of cyclic esters (lactones) is 1. The average molecular weight is 409 g/mol. The summed E-state index contributed by atoms with van der Waals surface area (Å²) in [6, 6.07) is 0. The number of hydrogen-bond donors (Lipinski definition) is 2. The summed E-state index contributed by atoms with van der Waals surface area (Å²) in [5.74, 6) is 0.357. The number of rotatable bonds is 11. The van der Waals surface area contributed by atoms with Crippen LogP contribution in [0.1, 0.15) is 53.4 Å². The number of esters is 1. The van der Waals surface area contributed by atoms with Crippen molar-refractivity contribution in [3.05, 3.63) is 39.5 Å². The average Bonchev–Trinajstić information content (AvgIpc) is 3.06. The fraction of sp³-hybridized carbons (Fsp3) is 0.571. The van der Waals surface area contributed by atoms with Crippen molar-refractivity contribution in [2.75, 3.05) is 33.0 Å². The lowest BCUT2D eigenvalue weighted by molar-refractivity contribution is 0.0532. The smallest absolute Gasteiger partial charge is 0.342 e. The van der Waals surface area contributed by atoms with Crippen molar-refractivity contribution in [2.45, 2.75) is 47.1 Å². The van der Waals surface area contributed by atoms with E-state index < -0.39 is 8.38 Å². The van der Waals surface area contributed by atoms with Crippen molar-refractivity contribution in [2.24, 2.45) is 0 Å². The Labute approximate surface area is 169 Å². The second-order valence-electron chi connectivity index (χ2n) is 6.82. The van der Waals surface area contributed by atoms with Gasteiger partial charge in [-0.05, 0) is 44.7 Å². The molecule has 0 radical (unpaired) electrons. The van der Waals surface area contributed by atoms with Crippen molar-refractivity contribution in [3.8, 4) is 5.75 Å². The highest BCUT2D eigenvalue weighted by molar-refractivity contribution is 7.46. The molecule has 1 aliphatic heterocycles. The van der Waals surface area contributed by atoms with E-state index in [0.717, 1.165) is 29.7 Å². The first-order valence-corrected chi connectivity index (χ1v) is 11.2. The van der Waals surface area contributed by atoms with Crippen LogP contribution < -0.4 is 10.1 Å². The number of carbonyl (C=O) groups is 1. The minimum absolute atomic E-state index is 0.295. The summed E-state index contributed by atoms with van der Waals surface area (Å²) in [6.45, 7) is 10.5. The number of ether oxygens (including phenoxy) is 2. The molecule has 7 heteroatoms. The zero-order chi connectivity index (χ0) is 20.7. The predicted octanol–water partition coefficient (Wildman–Crippen LogP) is 3.66. The van der Waals surface area contributed by atoms with Gasteiger partial charge in [0.2, 0.25) is 0 Å². The zero-order valence-electron chi connectivity index (χ0n) is 17.6. The molecule has 1 aromatic carbocycles. The summed E-state index contributed by atoms with van der Waals surface area (Å²) in [4.78, 5) is 21.8. The third kappa shape index (κ3) is 5.32. The van der Waals surface area contributed by atoms with Crippen LogP contribution in [0, 0.1) is 6.92 Å². The van der Waals surface area contributed by atoms with E-state index in [1.54, 1.807) is 7.11 Å². The Morgan fingerprint density at radius 1 is 1.36 bits per heavy atom. The van der Waals surface area contributed by atoms with Crippen LogP contribution in [0.3, 0.4) is 0 Å². The van der Waals surface area contributed by atoms with Crippen molar-refractivity contribution >= 4 is 14.3 Å². The molecule has 2 rings (SSSR count). The van der Waals surface area contributed by atoms with Gasteiger partial charge in [-0.2, -0.15) is 0 Å². The van der Waals surface area contributed by atoms with Crippen molar-refractivity contribution < 1.29 is 23.7 Å². The maximum absolute atomic E-state index is 12.2. The Morgan fingerprint density at radius 3 is 2.75 bits per heavy atom. The van der Waals surface area contributed by atoms with Crippen LogP contribution in [0.2, 0.25) is 0 Å². The van der Waals surface area contributed by atoms with Gasteiger partial charge in [0.1, 0.15) is 17.9 Å². The molecule has 1 unspecified atom stereocenters. The Morgan fingerprint density at radius 2 is 2.11 bits per heavy atom. The molecule has 0 amide bonds. The summed E-state index contributed by atoms with van der Waals surface area (Å²) < 4.78 is 16.1. The van der Waals surface area contributed by atoms with Gasteiger partial charge in [-0.1, -0.05) is 18.6 Å². The van der Waals surface area contributed by atoms with Gasteiger partial charge in [-0.25, -0.2) is 4.79 Å². The molecule has 0 fully saturated rings. The molecule has 28 heavy (non-hydrogen) atoms. The fourth-order valence-corrected chi connectivity index (χ4v) is 4.35. The van der Waals surface area contributed by atoms with E-state index in [1.807, 2.05) is 6.92 Å². The first-order chi connectivity index (χ1) is 13.4. The minimum Gasteiger partial charge on any atom is -0.496 e. The number of benzene rings is 1. The van der Waals surface area contributed by atoms with Gasteiger partial charge in [0.15, 0.2) is 8.38 Å². The number of methoxy groups -OCH3 is 1. The van der Waals surface area contributed by atoms with Gasteiger partial charge < -0.3 is 24.2 Å². The van der Waals surface area contributed by atoms with Gasteiger partial charge in [0.25, 0.3) is 0 Å². The summed E-state index contributed by atoms with van der Waals surface area (Å²) >= 11 is 0. The number of allylic oxidation sites excluding steroid dienone is 1. The molecule has 156 valence electrons. The maximum atomic E-state index is 12.2. The SMILES string of the molecule is CCOP(O)CCNC/C(C)=C/Cc1c(CC)c(C)c2c(c1OC)C(=O)OC2. The molecule has 1 heterocycles. The standard InChI is InChI=1S/C21H32NO5P/c1-6-16-15(4)18-13-26-21(23)19(18)20(25-5)17(16)9-8-14(3)12-22-10-11-28(24)27-7-2/h8,22,24H,6-7,9-13H2,1-5H3/b14-8+. The topological polar surface area (TPSA) is 77.0 Å². The molecule has 1 aliphatic rings. The Balaban J connectivity index is 2.11. The molecule has 6 nitrogen and oxygen atoms in total. The lowest BCUT2D eigenvalue weighted by atomic mass is 9.89. The summed E-state index contributed by atoms with van der Waals surface area (Å²) in [5.41, 5.74) is 6.17. The molecule has 0 aromatic heterocycles. The molecule has 1 atom stereocenters. The van der Waals surface area contributed by atoms with E-state index in [2.05, 4.69) is 32.2 Å². The van der Waals surface area contributed by atoms with Crippen LogP contribution >= 0.6 is 8.38 Å². The Bertz CT molecular complexity index is 732. The fourth-order valence-electron chi connectivity index (χ4n) is 3.57. The Kier molecular flexibility index (Phi) is 8.90. The molecule has 0 saturated carbocycles. The third-order valence-electron chi connectivity index (χ3n) is 5.00. The van der Waals surface area contributed by atoms with Crippen LogP contribution in [0.5, 0.6) is 5.75 Å². The van der Waals surface area contributed by atoms with Crippen LogP contribution in [0.25, 0.3) is 0 Å². The second kappa shape index (κ2) is 10.9. The molecule has 0 bridgehead atoms. The molecule has 2 N–H and O–H groups in total. The van der Waals surface area contributed by atoms with Crippen LogP contribution in [-0.2, 0) is 28.7 Å². The third-order valence-corrected chi connectivity index (χ3v) is 6.16. The van der Waals surface area contributed by atoms with E-state index in [1.165, 1.54) is 11.1 Å². The van der Waals surface area contributed by atoms with Crippen LogP contribution in [-0.4, -0.2) is 43.8 Å². The monoisotopic (exact) mass is 409 g/mol. The van der Waals surface area contributed by atoms with Gasteiger partial charge >= 0.3 is 5.97 Å². The summed E-state index contributed by atoms with van der Waals surface area (Å²) in [5, 5.41) is 3.33. The van der Waals surface area contributed by atoms with Gasteiger partial charge in [0, 0.05) is 30.4 Å². The number of hydrogen-bond acceptors (Lipinski definition) is 6. The quantitative estimate of drug-likeness (QED) is 0.251. The highest BCUT2D eigenvalue weighted by Gasteiger charge is 2.31. The van der Waals surface area contributed by atoms with Crippen LogP contribution in [0.4, 0.5) is 0 Å². The van der Waals surface area contributed by atoms with Gasteiger partial charge in [-0.15, -0.1) is 0 Å². The van der Waals surface area contributed by atoms with E-state index in [-0.39, 0.29) is 5.97 Å². The number of nitrogens with one attached hydrogen (secondary N) is 1. The van der Waals surface area contributed by atoms with Crippen molar-refractivity contribution in [1.82, 2.24) is 5.32 Å². The number of fused-ring (bicyclic) bond motifs is 1. The lowest BCUT2D eigenvalue weighted by Gasteiger charge is -2.18. The molecule has 0 spiro atoms. The normalized spacial score (nSPS) is 14.8. The van der Waals surface area contributed by atoms with Crippen molar-refractivity contribution in [3.63, 3.8) is 0 Å². The van der Waals surface area contributed by atoms with Gasteiger partial charge in [0.05, 0.1) is 13.7 Å². The first kappa shape index (κ1) is 22.8. The highest BCUT2D eigenvalue weighted by atomic mass is 31.2. The van der Waals surface area contributed by atoms with E-state index >= 15 is 0 Å².